The summed E-state index contributed by atoms with van der Waals surface area (Å²) in [7, 11) is 0. The third kappa shape index (κ3) is 44.5. The summed E-state index contributed by atoms with van der Waals surface area (Å²) >= 11 is 0. The Labute approximate surface area is 354 Å². The lowest BCUT2D eigenvalue weighted by Crippen LogP contribution is -2.45. The Morgan fingerprint density at radius 2 is 0.789 bits per heavy atom. The van der Waals surface area contributed by atoms with E-state index in [-0.39, 0.29) is 12.5 Å². The van der Waals surface area contributed by atoms with Crippen LogP contribution in [-0.4, -0.2) is 34.9 Å². The molecule has 0 bridgehead atoms. The molecule has 0 saturated heterocycles. The van der Waals surface area contributed by atoms with Crippen molar-refractivity contribution in [2.75, 3.05) is 6.61 Å². The molecule has 0 fully saturated rings. The molecule has 1 amide bonds. The highest BCUT2D eigenvalue weighted by molar-refractivity contribution is 5.76. The lowest BCUT2D eigenvalue weighted by Gasteiger charge is -2.19. The van der Waals surface area contributed by atoms with Gasteiger partial charge >= 0.3 is 0 Å². The molecule has 4 heteroatoms. The van der Waals surface area contributed by atoms with Crippen molar-refractivity contribution >= 4 is 5.91 Å². The van der Waals surface area contributed by atoms with Crippen molar-refractivity contribution in [3.8, 4) is 0 Å². The Hall–Kier alpha value is -2.43. The molecule has 4 nitrogen and oxygen atoms in total. The number of unbranched alkanes of at least 4 members (excludes halogenated alkanes) is 24. The zero-order valence-electron chi connectivity index (χ0n) is 37.6. The average molecular weight is 792 g/mol. The molecular formula is C53H93NO3. The molecule has 0 rings (SSSR count). The summed E-state index contributed by atoms with van der Waals surface area (Å²) in [5, 5.41) is 23.0. The first-order valence-corrected chi connectivity index (χ1v) is 24.3. The SMILES string of the molecule is CC/C=C\C/C=C\C/C=C\C/C=C\CCCCCCCCCCCCCCCCC(=O)NC(CO)C(O)/C=C/CC/C=C/CC/C=C/CCCCCCCCCC. The van der Waals surface area contributed by atoms with Crippen LogP contribution < -0.4 is 5.32 Å². The van der Waals surface area contributed by atoms with Gasteiger partial charge in [-0.3, -0.25) is 4.79 Å². The van der Waals surface area contributed by atoms with Crippen LogP contribution >= 0.6 is 0 Å². The minimum atomic E-state index is -0.874. The second kappa shape index (κ2) is 47.9. The summed E-state index contributed by atoms with van der Waals surface area (Å²) in [6, 6.07) is -0.650. The highest BCUT2D eigenvalue weighted by Gasteiger charge is 2.17. The number of hydrogen-bond acceptors (Lipinski definition) is 3. The number of hydrogen-bond donors (Lipinski definition) is 3. The molecular weight excluding hydrogens is 699 g/mol. The van der Waals surface area contributed by atoms with Crippen LogP contribution in [-0.2, 0) is 4.79 Å². The van der Waals surface area contributed by atoms with Gasteiger partial charge < -0.3 is 15.5 Å². The molecule has 0 radical (unpaired) electrons. The van der Waals surface area contributed by atoms with Crippen molar-refractivity contribution in [2.45, 2.75) is 238 Å². The Kier molecular flexibility index (Phi) is 45.9. The van der Waals surface area contributed by atoms with Crippen molar-refractivity contribution in [1.82, 2.24) is 5.32 Å². The van der Waals surface area contributed by atoms with Crippen LogP contribution in [0.25, 0.3) is 0 Å². The fourth-order valence-corrected chi connectivity index (χ4v) is 6.91. The highest BCUT2D eigenvalue weighted by atomic mass is 16.3. The van der Waals surface area contributed by atoms with Crippen LogP contribution in [0.5, 0.6) is 0 Å². The lowest BCUT2D eigenvalue weighted by molar-refractivity contribution is -0.123. The molecule has 328 valence electrons. The fourth-order valence-electron chi connectivity index (χ4n) is 6.91. The first kappa shape index (κ1) is 54.6. The molecule has 0 heterocycles. The van der Waals surface area contributed by atoms with Crippen LogP contribution in [0.3, 0.4) is 0 Å². The van der Waals surface area contributed by atoms with E-state index < -0.39 is 12.1 Å². The quantitative estimate of drug-likeness (QED) is 0.0425. The van der Waals surface area contributed by atoms with E-state index in [1.54, 1.807) is 6.08 Å². The summed E-state index contributed by atoms with van der Waals surface area (Å²) in [4.78, 5) is 12.4. The van der Waals surface area contributed by atoms with Crippen LogP contribution in [0.2, 0.25) is 0 Å². The van der Waals surface area contributed by atoms with E-state index in [2.05, 4.69) is 92.1 Å². The van der Waals surface area contributed by atoms with Gasteiger partial charge in [-0.25, -0.2) is 0 Å². The second-order valence-corrected chi connectivity index (χ2v) is 16.1. The Bertz CT molecular complexity index is 1030. The zero-order chi connectivity index (χ0) is 41.4. The van der Waals surface area contributed by atoms with Gasteiger partial charge in [0.1, 0.15) is 0 Å². The van der Waals surface area contributed by atoms with E-state index in [9.17, 15) is 15.0 Å². The number of aliphatic hydroxyl groups excluding tert-OH is 2. The smallest absolute Gasteiger partial charge is 0.220 e. The monoisotopic (exact) mass is 792 g/mol. The zero-order valence-corrected chi connectivity index (χ0v) is 37.6. The number of rotatable bonds is 43. The number of allylic oxidation sites excluding steroid dienone is 13. The third-order valence-corrected chi connectivity index (χ3v) is 10.6. The van der Waals surface area contributed by atoms with Crippen molar-refractivity contribution in [2.24, 2.45) is 0 Å². The Morgan fingerprint density at radius 3 is 1.23 bits per heavy atom. The van der Waals surface area contributed by atoms with E-state index in [1.165, 1.54) is 141 Å². The standard InChI is InChI=1S/C53H93NO3/c1-3-5-7-9-11-13-15-17-19-21-23-24-25-26-27-28-29-30-31-33-35-37-39-41-43-45-47-49-53(57)54-51(50-55)52(56)48-46-44-42-40-38-36-34-32-22-20-18-16-14-12-10-8-6-4-2/h5,7,11,13,17,19,22-24,32,38,40,46,48,51-52,55-56H,3-4,6,8-10,12,14-16,18,20-21,25-31,33-37,39,41-45,47,49-50H2,1-2H3,(H,54,57)/b7-5-,13-11-,19-17-,24-23-,32-22+,40-38+,48-46+. The van der Waals surface area contributed by atoms with Gasteiger partial charge in [-0.1, -0.05) is 221 Å². The van der Waals surface area contributed by atoms with Gasteiger partial charge in [0.2, 0.25) is 5.91 Å². The molecule has 0 aliphatic rings. The molecule has 3 N–H and O–H groups in total. The number of aliphatic hydroxyl groups is 2. The molecule has 0 aliphatic carbocycles. The molecule has 0 spiro atoms. The Balaban J connectivity index is 3.60. The first-order chi connectivity index (χ1) is 28.2. The summed E-state index contributed by atoms with van der Waals surface area (Å²) in [6.07, 6.45) is 69.9. The van der Waals surface area contributed by atoms with E-state index >= 15 is 0 Å². The average Bonchev–Trinajstić information content (AvgIpc) is 3.22. The first-order valence-electron chi connectivity index (χ1n) is 24.3. The molecule has 0 aliphatic heterocycles. The summed E-state index contributed by atoms with van der Waals surface area (Å²) in [5.74, 6) is -0.0814. The molecule has 57 heavy (non-hydrogen) atoms. The predicted molar refractivity (Wildman–Crippen MR) is 253 cm³/mol. The fraction of sp³-hybridized carbons (Fsp3) is 0.717. The van der Waals surface area contributed by atoms with Gasteiger partial charge in [0.15, 0.2) is 0 Å². The van der Waals surface area contributed by atoms with E-state index in [0.29, 0.717) is 6.42 Å². The van der Waals surface area contributed by atoms with E-state index in [4.69, 9.17) is 0 Å². The van der Waals surface area contributed by atoms with Crippen LogP contribution in [0.4, 0.5) is 0 Å². The van der Waals surface area contributed by atoms with Crippen molar-refractivity contribution in [3.05, 3.63) is 85.1 Å². The van der Waals surface area contributed by atoms with E-state index in [1.807, 2.05) is 6.08 Å². The van der Waals surface area contributed by atoms with Gasteiger partial charge in [0.25, 0.3) is 0 Å². The van der Waals surface area contributed by atoms with Crippen molar-refractivity contribution in [1.29, 1.82) is 0 Å². The van der Waals surface area contributed by atoms with Gasteiger partial charge in [-0.05, 0) is 83.5 Å². The molecule has 0 aromatic heterocycles. The number of carbonyl (C=O) groups excluding carboxylic acids is 1. The summed E-state index contributed by atoms with van der Waals surface area (Å²) in [6.45, 7) is 4.18. The topological polar surface area (TPSA) is 69.6 Å². The minimum absolute atomic E-state index is 0.0814. The normalized spacial score (nSPS) is 13.7. The maximum Gasteiger partial charge on any atom is 0.220 e. The van der Waals surface area contributed by atoms with Gasteiger partial charge in [-0.15, -0.1) is 0 Å². The number of carbonyl (C=O) groups is 1. The number of amides is 1. The summed E-state index contributed by atoms with van der Waals surface area (Å²) in [5.41, 5.74) is 0. The van der Waals surface area contributed by atoms with Gasteiger partial charge in [0, 0.05) is 6.42 Å². The number of nitrogens with one attached hydrogen (secondary N) is 1. The second-order valence-electron chi connectivity index (χ2n) is 16.1. The molecule has 2 atom stereocenters. The largest absolute Gasteiger partial charge is 0.394 e. The maximum absolute atomic E-state index is 12.4. The lowest BCUT2D eigenvalue weighted by atomic mass is 10.0. The third-order valence-electron chi connectivity index (χ3n) is 10.6. The maximum atomic E-state index is 12.4. The van der Waals surface area contributed by atoms with Crippen molar-refractivity contribution in [3.63, 3.8) is 0 Å². The van der Waals surface area contributed by atoms with Gasteiger partial charge in [-0.2, -0.15) is 0 Å². The van der Waals surface area contributed by atoms with Crippen LogP contribution in [0.15, 0.2) is 85.1 Å². The van der Waals surface area contributed by atoms with Crippen molar-refractivity contribution < 1.29 is 15.0 Å². The molecule has 0 saturated carbocycles. The molecule has 2 unspecified atom stereocenters. The molecule has 0 aromatic carbocycles. The Morgan fingerprint density at radius 1 is 0.439 bits per heavy atom. The minimum Gasteiger partial charge on any atom is -0.394 e. The van der Waals surface area contributed by atoms with E-state index in [0.717, 1.165) is 64.2 Å². The highest BCUT2D eigenvalue weighted by Crippen LogP contribution is 2.15. The molecule has 0 aromatic rings. The van der Waals surface area contributed by atoms with Gasteiger partial charge in [0.05, 0.1) is 18.8 Å². The predicted octanol–water partition coefficient (Wildman–Crippen LogP) is 15.6. The summed E-state index contributed by atoms with van der Waals surface area (Å²) < 4.78 is 0. The van der Waals surface area contributed by atoms with Crippen LogP contribution in [0, 0.1) is 0 Å². The van der Waals surface area contributed by atoms with Crippen LogP contribution in [0.1, 0.15) is 226 Å².